The first-order valence-electron chi connectivity index (χ1n) is 14.5. The molecule has 3 heterocycles. The molecule has 2 aliphatic rings. The number of aliphatic hydroxyl groups is 1. The quantitative estimate of drug-likeness (QED) is 0.0512. The summed E-state index contributed by atoms with van der Waals surface area (Å²) in [5.41, 5.74) is 3.17. The van der Waals surface area contributed by atoms with Gasteiger partial charge in [-0.15, -0.1) is 10.2 Å². The minimum absolute atomic E-state index is 0.00335. The lowest BCUT2D eigenvalue weighted by molar-refractivity contribution is -0.132. The maximum atomic E-state index is 13.7. The van der Waals surface area contributed by atoms with Crippen LogP contribution in [-0.2, 0) is 26.5 Å². The van der Waals surface area contributed by atoms with Crippen LogP contribution in [0.2, 0.25) is 0 Å². The summed E-state index contributed by atoms with van der Waals surface area (Å²) in [4.78, 5) is 40.8. The molecule has 9 nitrogen and oxygen atoms in total. The van der Waals surface area contributed by atoms with E-state index in [2.05, 4.69) is 34.5 Å². The number of benzene rings is 4. The fourth-order valence-electron chi connectivity index (χ4n) is 5.91. The van der Waals surface area contributed by atoms with Crippen LogP contribution < -0.4 is 9.64 Å². The van der Waals surface area contributed by atoms with Crippen LogP contribution in [0.1, 0.15) is 45.6 Å². The molecule has 7 rings (SSSR count). The smallest absolute Gasteiger partial charge is 0.337 e. The van der Waals surface area contributed by atoms with Crippen LogP contribution >= 0.6 is 23.1 Å². The Bertz CT molecular complexity index is 2050. The molecule has 0 aliphatic carbocycles. The number of esters is 1. The Kier molecular flexibility index (Phi) is 7.79. The topological polar surface area (TPSA) is 119 Å². The lowest BCUT2D eigenvalue weighted by Gasteiger charge is -2.22. The molecule has 2 atom stereocenters. The monoisotopic (exact) mass is 649 g/mol. The van der Waals surface area contributed by atoms with Gasteiger partial charge >= 0.3 is 11.9 Å². The summed E-state index contributed by atoms with van der Waals surface area (Å²) in [5.74, 6) is -1.14. The number of carbonyl (C=O) groups excluding carboxylic acids is 3. The van der Waals surface area contributed by atoms with E-state index in [0.29, 0.717) is 33.2 Å². The van der Waals surface area contributed by atoms with Crippen LogP contribution in [0, 0.1) is 0 Å². The molecule has 1 saturated heterocycles. The van der Waals surface area contributed by atoms with Gasteiger partial charge in [0.05, 0.1) is 24.3 Å². The first kappa shape index (κ1) is 29.7. The number of nitrogens with zero attached hydrogens (tertiary/aromatic N) is 3. The molecule has 1 N–H and O–H groups in total. The van der Waals surface area contributed by atoms with E-state index < -0.39 is 23.7 Å². The molecule has 0 radical (unpaired) electrons. The Labute approximate surface area is 272 Å². The predicted octanol–water partition coefficient (Wildman–Crippen LogP) is 6.72. The molecule has 4 aromatic carbocycles. The highest BCUT2D eigenvalue weighted by molar-refractivity contribution is 8.00. The largest absolute Gasteiger partial charge is 0.507 e. The summed E-state index contributed by atoms with van der Waals surface area (Å²) in [7, 11) is 1.29. The number of aromatic nitrogens is 2. The number of methoxy groups -OCH3 is 1. The van der Waals surface area contributed by atoms with Gasteiger partial charge in [-0.05, 0) is 64.7 Å². The number of anilines is 1. The van der Waals surface area contributed by atoms with Gasteiger partial charge in [0.25, 0.3) is 5.78 Å². The van der Waals surface area contributed by atoms with E-state index in [1.165, 1.54) is 35.1 Å². The van der Waals surface area contributed by atoms with Crippen LogP contribution in [0.3, 0.4) is 0 Å². The Morgan fingerprint density at radius 2 is 1.78 bits per heavy atom. The number of rotatable bonds is 7. The number of ketones is 1. The second kappa shape index (κ2) is 12.1. The fourth-order valence-corrected chi connectivity index (χ4v) is 7.78. The zero-order valence-corrected chi connectivity index (χ0v) is 26.4. The number of aliphatic hydroxyl groups excluding tert-OH is 1. The summed E-state index contributed by atoms with van der Waals surface area (Å²) in [6.45, 7) is 1.96. The van der Waals surface area contributed by atoms with Gasteiger partial charge in [0, 0.05) is 17.7 Å². The fraction of sp³-hybridized carbons (Fsp3) is 0.171. The summed E-state index contributed by atoms with van der Waals surface area (Å²) >= 11 is 2.68. The van der Waals surface area contributed by atoms with Crippen molar-refractivity contribution in [1.82, 2.24) is 10.2 Å². The molecule has 2 unspecified atom stereocenters. The van der Waals surface area contributed by atoms with Crippen LogP contribution in [0.5, 0.6) is 5.75 Å². The van der Waals surface area contributed by atoms with Gasteiger partial charge in [-0.25, -0.2) is 4.79 Å². The van der Waals surface area contributed by atoms with E-state index in [4.69, 9.17) is 9.47 Å². The molecule has 1 amide bonds. The first-order valence-corrected chi connectivity index (χ1v) is 16.3. The third-order valence-electron chi connectivity index (χ3n) is 8.09. The standard InChI is InChI=1S/C35H27N3O6S2/c1-19-16-25-17-23(14-15-27(25)44-19)30(39)28-29(21-10-12-22(13-11-21)33(42)43-2)38(32(41)31(28)40)34-36-37-35(46-34)45-18-24-8-5-7-20-6-3-4-9-26(20)24/h3-15,17,19,29,39H,16,18H2,1-2H3. The number of amides is 1. The van der Waals surface area contributed by atoms with Crippen molar-refractivity contribution in [3.8, 4) is 5.75 Å². The molecule has 230 valence electrons. The lowest BCUT2D eigenvalue weighted by atomic mass is 9.94. The average Bonchev–Trinajstić information content (AvgIpc) is 3.77. The summed E-state index contributed by atoms with van der Waals surface area (Å²) in [5, 5.41) is 22.8. The van der Waals surface area contributed by atoms with Crippen LogP contribution in [0.4, 0.5) is 5.13 Å². The molecule has 5 aromatic rings. The van der Waals surface area contributed by atoms with Gasteiger partial charge in [0.15, 0.2) is 4.34 Å². The Balaban J connectivity index is 1.26. The molecule has 1 aromatic heterocycles. The van der Waals surface area contributed by atoms with Crippen LogP contribution in [0.25, 0.3) is 16.5 Å². The summed E-state index contributed by atoms with van der Waals surface area (Å²) < 4.78 is 11.3. The highest BCUT2D eigenvalue weighted by Crippen LogP contribution is 2.45. The summed E-state index contributed by atoms with van der Waals surface area (Å²) in [6.07, 6.45) is 0.657. The minimum atomic E-state index is -1.01. The minimum Gasteiger partial charge on any atom is -0.507 e. The maximum absolute atomic E-state index is 13.7. The number of carbonyl (C=O) groups is 3. The van der Waals surface area contributed by atoms with Gasteiger partial charge in [-0.1, -0.05) is 77.7 Å². The van der Waals surface area contributed by atoms with Gasteiger partial charge < -0.3 is 14.6 Å². The van der Waals surface area contributed by atoms with Gasteiger partial charge in [0.1, 0.15) is 17.6 Å². The molecule has 0 spiro atoms. The second-order valence-electron chi connectivity index (χ2n) is 11.0. The maximum Gasteiger partial charge on any atom is 0.337 e. The summed E-state index contributed by atoms with van der Waals surface area (Å²) in [6, 6.07) is 24.9. The first-order chi connectivity index (χ1) is 22.3. The Hall–Kier alpha value is -5.00. The van der Waals surface area contributed by atoms with Crippen molar-refractivity contribution in [2.45, 2.75) is 35.6 Å². The van der Waals surface area contributed by atoms with E-state index >= 15 is 0 Å². The molecular weight excluding hydrogens is 623 g/mol. The highest BCUT2D eigenvalue weighted by atomic mass is 32.2. The van der Waals surface area contributed by atoms with Crippen molar-refractivity contribution in [2.75, 3.05) is 12.0 Å². The van der Waals surface area contributed by atoms with Crippen molar-refractivity contribution >= 4 is 62.4 Å². The number of fused-ring (bicyclic) bond motifs is 2. The second-order valence-corrected chi connectivity index (χ2v) is 13.2. The Morgan fingerprint density at radius 3 is 2.59 bits per heavy atom. The number of hydrogen-bond donors (Lipinski definition) is 1. The van der Waals surface area contributed by atoms with Crippen LogP contribution in [-0.4, -0.2) is 46.2 Å². The zero-order chi connectivity index (χ0) is 31.9. The predicted molar refractivity (Wildman–Crippen MR) is 176 cm³/mol. The lowest BCUT2D eigenvalue weighted by Crippen LogP contribution is -2.29. The van der Waals surface area contributed by atoms with Crippen molar-refractivity contribution in [1.29, 1.82) is 0 Å². The van der Waals surface area contributed by atoms with Gasteiger partial charge in [0.2, 0.25) is 5.13 Å². The van der Waals surface area contributed by atoms with Crippen molar-refractivity contribution in [3.63, 3.8) is 0 Å². The third kappa shape index (κ3) is 5.31. The zero-order valence-electron chi connectivity index (χ0n) is 24.8. The number of Topliss-reactive ketones (excluding diaryl/α,β-unsaturated/α-hetero) is 1. The number of thioether (sulfide) groups is 1. The Morgan fingerprint density at radius 1 is 1.02 bits per heavy atom. The van der Waals surface area contributed by atoms with E-state index in [9.17, 15) is 19.5 Å². The molecule has 1 fully saturated rings. The number of ether oxygens (including phenoxy) is 2. The van der Waals surface area contributed by atoms with E-state index in [0.717, 1.165) is 27.6 Å². The molecule has 46 heavy (non-hydrogen) atoms. The third-order valence-corrected chi connectivity index (χ3v) is 10.2. The van der Waals surface area contributed by atoms with Crippen LogP contribution in [0.15, 0.2) is 94.8 Å². The van der Waals surface area contributed by atoms with Gasteiger partial charge in [-0.3, -0.25) is 14.5 Å². The molecular formula is C35H27N3O6S2. The average molecular weight is 650 g/mol. The normalized spacial score (nSPS) is 18.5. The highest BCUT2D eigenvalue weighted by Gasteiger charge is 2.48. The van der Waals surface area contributed by atoms with E-state index in [1.807, 2.05) is 25.1 Å². The molecule has 0 bridgehead atoms. The van der Waals surface area contributed by atoms with Gasteiger partial charge in [-0.2, -0.15) is 0 Å². The van der Waals surface area contributed by atoms with E-state index in [-0.39, 0.29) is 22.6 Å². The van der Waals surface area contributed by atoms with E-state index in [1.54, 1.807) is 42.5 Å². The number of hydrogen-bond acceptors (Lipinski definition) is 10. The van der Waals surface area contributed by atoms with Crippen molar-refractivity contribution in [3.05, 3.63) is 118 Å². The van der Waals surface area contributed by atoms with Crippen molar-refractivity contribution < 1.29 is 29.0 Å². The molecule has 11 heteroatoms. The van der Waals surface area contributed by atoms with Crippen molar-refractivity contribution in [2.24, 2.45) is 0 Å². The molecule has 0 saturated carbocycles. The SMILES string of the molecule is COC(=O)c1ccc(C2C(=C(O)c3ccc4c(c3)CC(C)O4)C(=O)C(=O)N2c2nnc(SCc3cccc4ccccc34)s2)cc1. The molecule has 2 aliphatic heterocycles.